The first-order chi connectivity index (χ1) is 6.04. The van der Waals surface area contributed by atoms with E-state index in [4.69, 9.17) is 19.8 Å². The molecule has 1 heterocycles. The van der Waals surface area contributed by atoms with E-state index in [-0.39, 0.29) is 0 Å². The Labute approximate surface area is 77.0 Å². The van der Waals surface area contributed by atoms with Crippen molar-refractivity contribution in [3.8, 4) is 0 Å². The Morgan fingerprint density at radius 3 is 1.54 bits per heavy atom. The van der Waals surface area contributed by atoms with Gasteiger partial charge >= 0.3 is 11.9 Å². The summed E-state index contributed by atoms with van der Waals surface area (Å²) in [7, 11) is 2.19. The highest BCUT2D eigenvalue weighted by molar-refractivity contribution is 6.27. The van der Waals surface area contributed by atoms with Crippen LogP contribution in [0.15, 0.2) is 0 Å². The van der Waals surface area contributed by atoms with Crippen molar-refractivity contribution >= 4 is 11.9 Å². The third-order valence-corrected chi connectivity index (χ3v) is 1.76. The van der Waals surface area contributed by atoms with Gasteiger partial charge in [0.15, 0.2) is 0 Å². The summed E-state index contributed by atoms with van der Waals surface area (Å²) in [5.74, 6) is -3.65. The lowest BCUT2D eigenvalue weighted by molar-refractivity contribution is -0.159. The molecule has 1 fully saturated rings. The average molecular weight is 189 g/mol. The maximum absolute atomic E-state index is 9.10. The maximum Gasteiger partial charge on any atom is 0.414 e. The van der Waals surface area contributed by atoms with E-state index in [0.717, 1.165) is 0 Å². The van der Waals surface area contributed by atoms with Gasteiger partial charge in [0.2, 0.25) is 0 Å². The number of nitrogens with zero attached hydrogens (tertiary/aromatic N) is 1. The van der Waals surface area contributed by atoms with Gasteiger partial charge in [-0.05, 0) is 33.0 Å². The summed E-state index contributed by atoms with van der Waals surface area (Å²) >= 11 is 0. The fraction of sp³-hybridized carbons (Fsp3) is 0.750. The number of likely N-dealkylation sites (tertiary alicyclic amines) is 1. The molecule has 2 N–H and O–H groups in total. The lowest BCUT2D eigenvalue weighted by Gasteiger charge is -2.20. The smallest absolute Gasteiger partial charge is 0.414 e. The molecule has 1 rings (SSSR count). The standard InChI is InChI=1S/C6H13N.C2H2O4/c1-7-5-3-2-4-6-7;3-1(4)2(5)6/h2-6H2,1H3;(H,3,4)(H,5,6). The van der Waals surface area contributed by atoms with Gasteiger partial charge in [-0.2, -0.15) is 0 Å². The number of aliphatic carboxylic acids is 2. The van der Waals surface area contributed by atoms with E-state index in [2.05, 4.69) is 11.9 Å². The lowest BCUT2D eigenvalue weighted by Crippen LogP contribution is -2.24. The van der Waals surface area contributed by atoms with Crippen LogP contribution in [0.5, 0.6) is 0 Å². The summed E-state index contributed by atoms with van der Waals surface area (Å²) in [6, 6.07) is 0. The van der Waals surface area contributed by atoms with Crippen molar-refractivity contribution in [1.82, 2.24) is 4.90 Å². The summed E-state index contributed by atoms with van der Waals surface area (Å²) in [5.41, 5.74) is 0. The van der Waals surface area contributed by atoms with Crippen molar-refractivity contribution in [2.24, 2.45) is 0 Å². The molecule has 0 aromatic heterocycles. The molecule has 5 nitrogen and oxygen atoms in total. The second kappa shape index (κ2) is 6.42. The van der Waals surface area contributed by atoms with E-state index in [9.17, 15) is 0 Å². The van der Waals surface area contributed by atoms with E-state index in [1.54, 1.807) is 0 Å². The Morgan fingerprint density at radius 2 is 1.38 bits per heavy atom. The fourth-order valence-corrected chi connectivity index (χ4v) is 1.05. The topological polar surface area (TPSA) is 77.8 Å². The van der Waals surface area contributed by atoms with Gasteiger partial charge in [0.25, 0.3) is 0 Å². The van der Waals surface area contributed by atoms with Gasteiger partial charge in [0, 0.05) is 0 Å². The molecule has 0 amide bonds. The highest BCUT2D eigenvalue weighted by Crippen LogP contribution is 2.04. The highest BCUT2D eigenvalue weighted by atomic mass is 16.4. The van der Waals surface area contributed by atoms with E-state index >= 15 is 0 Å². The number of carbonyl (C=O) groups is 2. The fourth-order valence-electron chi connectivity index (χ4n) is 1.05. The van der Waals surface area contributed by atoms with Crippen molar-refractivity contribution < 1.29 is 19.8 Å². The number of hydrogen-bond donors (Lipinski definition) is 2. The van der Waals surface area contributed by atoms with Crippen molar-refractivity contribution in [2.75, 3.05) is 20.1 Å². The number of piperidine rings is 1. The van der Waals surface area contributed by atoms with Crippen LogP contribution in [0, 0.1) is 0 Å². The first kappa shape index (κ1) is 11.9. The molecule has 0 radical (unpaired) electrons. The van der Waals surface area contributed by atoms with Crippen LogP contribution in [-0.2, 0) is 9.59 Å². The van der Waals surface area contributed by atoms with Gasteiger partial charge in [0.05, 0.1) is 0 Å². The molecule has 0 saturated carbocycles. The Bertz CT molecular complexity index is 163. The molecule has 1 aliphatic heterocycles. The average Bonchev–Trinajstić information content (AvgIpc) is 2.06. The van der Waals surface area contributed by atoms with Crippen molar-refractivity contribution in [3.05, 3.63) is 0 Å². The molecule has 0 aromatic rings. The van der Waals surface area contributed by atoms with Crippen LogP contribution < -0.4 is 0 Å². The molecular weight excluding hydrogens is 174 g/mol. The van der Waals surface area contributed by atoms with Gasteiger partial charge in [-0.15, -0.1) is 0 Å². The van der Waals surface area contributed by atoms with Crippen LogP contribution in [0.4, 0.5) is 0 Å². The van der Waals surface area contributed by atoms with Crippen LogP contribution in [0.1, 0.15) is 19.3 Å². The predicted octanol–water partition coefficient (Wildman–Crippen LogP) is 0.258. The summed E-state index contributed by atoms with van der Waals surface area (Å²) < 4.78 is 0. The van der Waals surface area contributed by atoms with Gasteiger partial charge in [-0.25, -0.2) is 9.59 Å². The number of hydrogen-bond acceptors (Lipinski definition) is 3. The molecule has 0 bridgehead atoms. The quantitative estimate of drug-likeness (QED) is 0.534. The van der Waals surface area contributed by atoms with E-state index in [1.165, 1.54) is 32.4 Å². The number of rotatable bonds is 0. The molecule has 0 aromatic carbocycles. The summed E-state index contributed by atoms with van der Waals surface area (Å²) in [6.45, 7) is 2.64. The molecule has 1 aliphatic rings. The van der Waals surface area contributed by atoms with Gasteiger partial charge in [0.1, 0.15) is 0 Å². The second-order valence-corrected chi connectivity index (χ2v) is 2.97. The lowest BCUT2D eigenvalue weighted by atomic mass is 10.1. The van der Waals surface area contributed by atoms with Crippen LogP contribution in [0.3, 0.4) is 0 Å². The molecule has 76 valence electrons. The van der Waals surface area contributed by atoms with Gasteiger partial charge < -0.3 is 15.1 Å². The minimum atomic E-state index is -1.82. The molecule has 0 unspecified atom stereocenters. The van der Waals surface area contributed by atoms with Crippen molar-refractivity contribution in [2.45, 2.75) is 19.3 Å². The molecule has 5 heteroatoms. The summed E-state index contributed by atoms with van der Waals surface area (Å²) in [4.78, 5) is 20.6. The Hall–Kier alpha value is -1.10. The number of carboxylic acid groups (broad SMARTS) is 2. The zero-order valence-electron chi connectivity index (χ0n) is 7.69. The summed E-state index contributed by atoms with van der Waals surface area (Å²) in [6.07, 6.45) is 4.28. The first-order valence-electron chi connectivity index (χ1n) is 4.19. The van der Waals surface area contributed by atoms with Gasteiger partial charge in [-0.3, -0.25) is 0 Å². The monoisotopic (exact) mass is 189 g/mol. The third kappa shape index (κ3) is 7.27. The zero-order chi connectivity index (χ0) is 10.3. The van der Waals surface area contributed by atoms with Crippen LogP contribution in [0.2, 0.25) is 0 Å². The number of carboxylic acids is 2. The molecule has 0 aliphatic carbocycles. The molecule has 0 spiro atoms. The highest BCUT2D eigenvalue weighted by Gasteiger charge is 2.04. The van der Waals surface area contributed by atoms with E-state index in [0.29, 0.717) is 0 Å². The van der Waals surface area contributed by atoms with E-state index in [1.807, 2.05) is 0 Å². The predicted molar refractivity (Wildman–Crippen MR) is 46.6 cm³/mol. The first-order valence-corrected chi connectivity index (χ1v) is 4.19. The third-order valence-electron chi connectivity index (χ3n) is 1.76. The van der Waals surface area contributed by atoms with Crippen LogP contribution in [-0.4, -0.2) is 47.2 Å². The minimum absolute atomic E-state index is 1.32. The summed E-state index contributed by atoms with van der Waals surface area (Å²) in [5, 5.41) is 14.8. The molecular formula is C8H15NO4. The minimum Gasteiger partial charge on any atom is -0.473 e. The Kier molecular flexibility index (Phi) is 5.88. The SMILES string of the molecule is CN1CCCCC1.O=C(O)C(=O)O. The van der Waals surface area contributed by atoms with E-state index < -0.39 is 11.9 Å². The largest absolute Gasteiger partial charge is 0.473 e. The maximum atomic E-state index is 9.10. The van der Waals surface area contributed by atoms with Gasteiger partial charge in [-0.1, -0.05) is 6.42 Å². The Balaban J connectivity index is 0.000000226. The zero-order valence-corrected chi connectivity index (χ0v) is 7.69. The second-order valence-electron chi connectivity index (χ2n) is 2.97. The van der Waals surface area contributed by atoms with Crippen molar-refractivity contribution in [3.63, 3.8) is 0 Å². The normalized spacial score (nSPS) is 17.0. The van der Waals surface area contributed by atoms with Crippen LogP contribution in [0.25, 0.3) is 0 Å². The molecule has 13 heavy (non-hydrogen) atoms. The molecule has 0 atom stereocenters. The molecule has 1 saturated heterocycles. The van der Waals surface area contributed by atoms with Crippen molar-refractivity contribution in [1.29, 1.82) is 0 Å². The van der Waals surface area contributed by atoms with Crippen LogP contribution >= 0.6 is 0 Å². The Morgan fingerprint density at radius 1 is 1.00 bits per heavy atom.